The van der Waals surface area contributed by atoms with Crippen LogP contribution in [0.25, 0.3) is 0 Å². The van der Waals surface area contributed by atoms with Crippen molar-refractivity contribution in [2.75, 3.05) is 19.5 Å². The van der Waals surface area contributed by atoms with Crippen molar-refractivity contribution in [3.63, 3.8) is 0 Å². The summed E-state index contributed by atoms with van der Waals surface area (Å²) in [6.07, 6.45) is 1.56. The molecule has 1 heterocycles. The second-order valence-corrected chi connectivity index (χ2v) is 6.39. The van der Waals surface area contributed by atoms with E-state index in [0.29, 0.717) is 23.5 Å². The molecule has 0 aliphatic rings. The lowest BCUT2D eigenvalue weighted by Crippen LogP contribution is -2.22. The fourth-order valence-corrected chi connectivity index (χ4v) is 2.83. The fraction of sp³-hybridized carbons (Fsp3) is 0.182. The van der Waals surface area contributed by atoms with Crippen LogP contribution in [0.5, 0.6) is 11.5 Å². The molecule has 144 valence electrons. The Kier molecular flexibility index (Phi) is 5.79. The molecule has 1 aromatic heterocycles. The van der Waals surface area contributed by atoms with E-state index in [2.05, 4.69) is 5.32 Å². The largest absolute Gasteiger partial charge is 0.497 e. The fourth-order valence-electron chi connectivity index (χ4n) is 2.83. The van der Waals surface area contributed by atoms with Crippen LogP contribution in [0.15, 0.2) is 65.6 Å². The number of hydrogen-bond acceptors (Lipinski definition) is 4. The number of carbonyl (C=O) groups excluding carboxylic acids is 1. The van der Waals surface area contributed by atoms with Crippen LogP contribution in [0.2, 0.25) is 0 Å². The van der Waals surface area contributed by atoms with Crippen molar-refractivity contribution in [1.82, 2.24) is 4.57 Å². The Hall–Kier alpha value is -3.54. The standard InChI is InChI=1S/C22H22N2O4/c1-15-4-10-20(28-3)19(12-15)23-22(26)17-7-11-21(25)24(14-17)13-16-5-8-18(27-2)9-6-16/h4-12,14H,13H2,1-3H3,(H,23,26). The summed E-state index contributed by atoms with van der Waals surface area (Å²) in [6.45, 7) is 2.29. The quantitative estimate of drug-likeness (QED) is 0.713. The van der Waals surface area contributed by atoms with Crippen molar-refractivity contribution in [1.29, 1.82) is 0 Å². The van der Waals surface area contributed by atoms with Gasteiger partial charge in [0.25, 0.3) is 11.5 Å². The number of amides is 1. The number of rotatable bonds is 6. The number of ether oxygens (including phenoxy) is 2. The monoisotopic (exact) mass is 378 g/mol. The molecule has 0 unspecified atom stereocenters. The molecule has 0 radical (unpaired) electrons. The molecule has 0 saturated carbocycles. The van der Waals surface area contributed by atoms with E-state index in [9.17, 15) is 9.59 Å². The zero-order valence-corrected chi connectivity index (χ0v) is 16.1. The van der Waals surface area contributed by atoms with Gasteiger partial charge in [-0.1, -0.05) is 18.2 Å². The molecule has 1 amide bonds. The minimum absolute atomic E-state index is 0.180. The first kappa shape index (κ1) is 19.2. The topological polar surface area (TPSA) is 69.6 Å². The minimum Gasteiger partial charge on any atom is -0.497 e. The molecule has 6 heteroatoms. The highest BCUT2D eigenvalue weighted by Crippen LogP contribution is 2.25. The molecule has 28 heavy (non-hydrogen) atoms. The van der Waals surface area contributed by atoms with Gasteiger partial charge in [-0.05, 0) is 48.4 Å². The van der Waals surface area contributed by atoms with E-state index >= 15 is 0 Å². The van der Waals surface area contributed by atoms with Crippen LogP contribution in [0, 0.1) is 6.92 Å². The maximum Gasteiger partial charge on any atom is 0.257 e. The van der Waals surface area contributed by atoms with E-state index in [1.165, 1.54) is 16.7 Å². The van der Waals surface area contributed by atoms with Crippen LogP contribution in [-0.4, -0.2) is 24.7 Å². The highest BCUT2D eigenvalue weighted by molar-refractivity contribution is 6.04. The van der Waals surface area contributed by atoms with Gasteiger partial charge in [-0.15, -0.1) is 0 Å². The van der Waals surface area contributed by atoms with Crippen molar-refractivity contribution in [2.24, 2.45) is 0 Å². The zero-order valence-electron chi connectivity index (χ0n) is 16.1. The van der Waals surface area contributed by atoms with Crippen molar-refractivity contribution >= 4 is 11.6 Å². The number of nitrogens with one attached hydrogen (secondary N) is 1. The van der Waals surface area contributed by atoms with Crippen LogP contribution in [-0.2, 0) is 6.54 Å². The van der Waals surface area contributed by atoms with Crippen molar-refractivity contribution in [3.8, 4) is 11.5 Å². The smallest absolute Gasteiger partial charge is 0.257 e. The SMILES string of the molecule is COc1ccc(Cn2cc(C(=O)Nc3cc(C)ccc3OC)ccc2=O)cc1. The normalized spacial score (nSPS) is 10.4. The predicted molar refractivity (Wildman–Crippen MR) is 108 cm³/mol. The lowest BCUT2D eigenvalue weighted by molar-refractivity contribution is 0.102. The van der Waals surface area contributed by atoms with Gasteiger partial charge in [-0.3, -0.25) is 9.59 Å². The van der Waals surface area contributed by atoms with Gasteiger partial charge in [-0.25, -0.2) is 0 Å². The number of benzene rings is 2. The van der Waals surface area contributed by atoms with E-state index in [4.69, 9.17) is 9.47 Å². The Morgan fingerprint density at radius 1 is 1.00 bits per heavy atom. The summed E-state index contributed by atoms with van der Waals surface area (Å²) in [6, 6.07) is 15.9. The summed E-state index contributed by atoms with van der Waals surface area (Å²) >= 11 is 0. The number of methoxy groups -OCH3 is 2. The summed E-state index contributed by atoms with van der Waals surface area (Å²) in [5, 5.41) is 2.85. The molecule has 0 aliphatic carbocycles. The molecule has 0 atom stereocenters. The lowest BCUT2D eigenvalue weighted by Gasteiger charge is -2.12. The summed E-state index contributed by atoms with van der Waals surface area (Å²) in [4.78, 5) is 24.9. The van der Waals surface area contributed by atoms with Gasteiger partial charge < -0.3 is 19.4 Å². The molecule has 0 fully saturated rings. The number of aryl methyl sites for hydroxylation is 1. The Labute approximate surface area is 163 Å². The van der Waals surface area contributed by atoms with Gasteiger partial charge in [0.15, 0.2) is 0 Å². The first-order chi connectivity index (χ1) is 13.5. The van der Waals surface area contributed by atoms with Gasteiger partial charge in [0.1, 0.15) is 11.5 Å². The van der Waals surface area contributed by atoms with Gasteiger partial charge >= 0.3 is 0 Å². The maximum absolute atomic E-state index is 12.7. The summed E-state index contributed by atoms with van der Waals surface area (Å²) in [7, 11) is 3.15. The number of carbonyl (C=O) groups is 1. The van der Waals surface area contributed by atoms with Crippen LogP contribution >= 0.6 is 0 Å². The zero-order chi connectivity index (χ0) is 20.1. The van der Waals surface area contributed by atoms with Crippen molar-refractivity contribution in [2.45, 2.75) is 13.5 Å². The van der Waals surface area contributed by atoms with E-state index < -0.39 is 0 Å². The average molecular weight is 378 g/mol. The first-order valence-corrected chi connectivity index (χ1v) is 8.79. The van der Waals surface area contributed by atoms with Gasteiger partial charge in [-0.2, -0.15) is 0 Å². The molecule has 0 bridgehead atoms. The molecule has 6 nitrogen and oxygen atoms in total. The number of pyridine rings is 1. The third kappa shape index (κ3) is 4.40. The number of aromatic nitrogens is 1. The summed E-state index contributed by atoms with van der Waals surface area (Å²) < 4.78 is 11.9. The average Bonchev–Trinajstić information content (AvgIpc) is 2.70. The molecule has 0 spiro atoms. The number of hydrogen-bond donors (Lipinski definition) is 1. The Morgan fingerprint density at radius 3 is 2.43 bits per heavy atom. The van der Waals surface area contributed by atoms with Gasteiger partial charge in [0.05, 0.1) is 32.0 Å². The van der Waals surface area contributed by atoms with E-state index in [-0.39, 0.29) is 11.5 Å². The van der Waals surface area contributed by atoms with Crippen LogP contribution in [0.3, 0.4) is 0 Å². The number of nitrogens with zero attached hydrogens (tertiary/aromatic N) is 1. The molecule has 3 aromatic rings. The second-order valence-electron chi connectivity index (χ2n) is 6.39. The number of anilines is 1. The van der Waals surface area contributed by atoms with Crippen molar-refractivity contribution in [3.05, 3.63) is 87.8 Å². The van der Waals surface area contributed by atoms with Crippen LogP contribution < -0.4 is 20.3 Å². The molecule has 1 N–H and O–H groups in total. The highest BCUT2D eigenvalue weighted by atomic mass is 16.5. The van der Waals surface area contributed by atoms with Crippen LogP contribution in [0.4, 0.5) is 5.69 Å². The molecular weight excluding hydrogens is 356 g/mol. The summed E-state index contributed by atoms with van der Waals surface area (Å²) in [5.74, 6) is 1.01. The molecule has 0 aliphatic heterocycles. The predicted octanol–water partition coefficient (Wildman–Crippen LogP) is 3.47. The first-order valence-electron chi connectivity index (χ1n) is 8.79. The Morgan fingerprint density at radius 2 is 1.75 bits per heavy atom. The van der Waals surface area contributed by atoms with E-state index in [1.54, 1.807) is 26.5 Å². The summed E-state index contributed by atoms with van der Waals surface area (Å²) in [5.41, 5.74) is 2.72. The van der Waals surface area contributed by atoms with E-state index in [0.717, 1.165) is 16.9 Å². The third-order valence-corrected chi connectivity index (χ3v) is 4.36. The van der Waals surface area contributed by atoms with E-state index in [1.807, 2.05) is 43.3 Å². The molecule has 2 aromatic carbocycles. The lowest BCUT2D eigenvalue weighted by atomic mass is 10.2. The van der Waals surface area contributed by atoms with Gasteiger partial charge in [0.2, 0.25) is 0 Å². The maximum atomic E-state index is 12.7. The Balaban J connectivity index is 1.83. The molecule has 0 saturated heterocycles. The Bertz CT molecular complexity index is 1040. The molecular formula is C22H22N2O4. The van der Waals surface area contributed by atoms with Crippen molar-refractivity contribution < 1.29 is 14.3 Å². The van der Waals surface area contributed by atoms with Crippen LogP contribution in [0.1, 0.15) is 21.5 Å². The van der Waals surface area contributed by atoms with Gasteiger partial charge in [0, 0.05) is 12.3 Å². The third-order valence-electron chi connectivity index (χ3n) is 4.36. The minimum atomic E-state index is -0.313. The highest BCUT2D eigenvalue weighted by Gasteiger charge is 2.12. The second kappa shape index (κ2) is 8.43. The molecule has 3 rings (SSSR count).